The highest BCUT2D eigenvalue weighted by molar-refractivity contribution is 7.80. The molecular weight excluding hydrogens is 278 g/mol. The first-order valence-corrected chi connectivity index (χ1v) is 6.93. The Balaban J connectivity index is 2.73. The number of rotatable bonds is 6. The van der Waals surface area contributed by atoms with Crippen molar-refractivity contribution in [2.75, 3.05) is 6.54 Å². The molecule has 0 amide bonds. The maximum Gasteiger partial charge on any atom is 0.187 e. The molecule has 0 spiro atoms. The Hall–Kier alpha value is -1.39. The third-order valence-corrected chi connectivity index (χ3v) is 2.85. The zero-order valence-corrected chi connectivity index (χ0v) is 12.5. The first kappa shape index (κ1) is 15.7. The fraction of sp³-hybridized carbons (Fsp3) is 0.286. The Kier molecular flexibility index (Phi) is 7.15. The molecule has 0 aromatic heterocycles. The number of nitrogens with zero attached hydrogens (tertiary/aromatic N) is 1. The zero-order valence-electron chi connectivity index (χ0n) is 10.9. The van der Waals surface area contributed by atoms with E-state index in [9.17, 15) is 0 Å². The van der Waals surface area contributed by atoms with Gasteiger partial charge in [0.1, 0.15) is 0 Å². The van der Waals surface area contributed by atoms with Crippen LogP contribution in [0.3, 0.4) is 0 Å². The van der Waals surface area contributed by atoms with E-state index in [0.717, 1.165) is 29.1 Å². The lowest BCUT2D eigenvalue weighted by atomic mass is 10.1. The molecular formula is C14H18ClN3S. The average Bonchev–Trinajstić information content (AvgIpc) is 2.42. The summed E-state index contributed by atoms with van der Waals surface area (Å²) >= 11 is 11.0. The molecule has 0 aliphatic rings. The fourth-order valence-corrected chi connectivity index (χ4v) is 1.72. The van der Waals surface area contributed by atoms with E-state index in [2.05, 4.69) is 29.3 Å². The summed E-state index contributed by atoms with van der Waals surface area (Å²) in [6.45, 7) is 6.34. The molecule has 0 unspecified atom stereocenters. The normalized spacial score (nSPS) is 10.9. The predicted molar refractivity (Wildman–Crippen MR) is 86.8 cm³/mol. The molecule has 1 aromatic carbocycles. The third kappa shape index (κ3) is 5.85. The second-order valence-electron chi connectivity index (χ2n) is 3.93. The van der Waals surface area contributed by atoms with Crippen molar-refractivity contribution in [3.05, 3.63) is 47.5 Å². The summed E-state index contributed by atoms with van der Waals surface area (Å²) in [5.41, 5.74) is 4.85. The average molecular weight is 296 g/mol. The molecule has 1 aromatic rings. The number of hydrogen-bond acceptors (Lipinski definition) is 2. The Morgan fingerprint density at radius 1 is 1.42 bits per heavy atom. The second kappa shape index (κ2) is 8.67. The van der Waals surface area contributed by atoms with E-state index in [1.807, 2.05) is 24.3 Å². The minimum atomic E-state index is 0.488. The van der Waals surface area contributed by atoms with Crippen molar-refractivity contribution < 1.29 is 0 Å². The molecule has 5 heteroatoms. The molecule has 0 atom stereocenters. The van der Waals surface area contributed by atoms with Crippen LogP contribution in [-0.2, 0) is 0 Å². The van der Waals surface area contributed by atoms with Gasteiger partial charge in [-0.1, -0.05) is 43.2 Å². The summed E-state index contributed by atoms with van der Waals surface area (Å²) in [5, 5.41) is 8.52. The molecule has 0 fully saturated rings. The van der Waals surface area contributed by atoms with Gasteiger partial charge in [-0.3, -0.25) is 5.43 Å². The fourth-order valence-electron chi connectivity index (χ4n) is 1.47. The highest BCUT2D eigenvalue weighted by Crippen LogP contribution is 2.12. The van der Waals surface area contributed by atoms with Crippen molar-refractivity contribution in [1.29, 1.82) is 0 Å². The van der Waals surface area contributed by atoms with Crippen molar-refractivity contribution in [3.8, 4) is 0 Å². The van der Waals surface area contributed by atoms with Crippen LogP contribution in [-0.4, -0.2) is 17.4 Å². The van der Waals surface area contributed by atoms with E-state index >= 15 is 0 Å². The van der Waals surface area contributed by atoms with Gasteiger partial charge in [-0.25, -0.2) is 0 Å². The molecule has 0 heterocycles. The lowest BCUT2D eigenvalue weighted by Gasteiger charge is -2.08. The molecule has 102 valence electrons. The molecule has 0 aliphatic heterocycles. The van der Waals surface area contributed by atoms with Crippen molar-refractivity contribution in [2.45, 2.75) is 19.8 Å². The van der Waals surface area contributed by atoms with Gasteiger partial charge >= 0.3 is 0 Å². The van der Waals surface area contributed by atoms with Gasteiger partial charge < -0.3 is 5.32 Å². The minimum absolute atomic E-state index is 0.488. The van der Waals surface area contributed by atoms with Gasteiger partial charge in [0.05, 0.1) is 5.71 Å². The molecule has 0 aliphatic carbocycles. The van der Waals surface area contributed by atoms with E-state index in [-0.39, 0.29) is 0 Å². The maximum atomic E-state index is 5.88. The Morgan fingerprint density at radius 3 is 2.68 bits per heavy atom. The van der Waals surface area contributed by atoms with Crippen LogP contribution in [0.4, 0.5) is 0 Å². The molecule has 19 heavy (non-hydrogen) atoms. The first-order valence-electron chi connectivity index (χ1n) is 6.14. The topological polar surface area (TPSA) is 36.4 Å². The molecule has 1 rings (SSSR count). The van der Waals surface area contributed by atoms with Gasteiger partial charge in [-0.2, -0.15) is 5.10 Å². The van der Waals surface area contributed by atoms with Crippen LogP contribution >= 0.6 is 23.8 Å². The van der Waals surface area contributed by atoms with Gasteiger partial charge in [0.15, 0.2) is 5.11 Å². The lowest BCUT2D eigenvalue weighted by Crippen LogP contribution is -2.32. The van der Waals surface area contributed by atoms with E-state index in [1.165, 1.54) is 0 Å². The number of hydrogen-bond donors (Lipinski definition) is 2. The standard InChI is InChI=1S/C14H18ClN3S/c1-3-5-13(11-6-8-12(15)9-7-11)17-18-14(19)16-10-4-2/h4,6-9H,2-3,5,10H2,1H3,(H2,16,18,19)/b17-13-. The highest BCUT2D eigenvalue weighted by atomic mass is 35.5. The van der Waals surface area contributed by atoms with Crippen LogP contribution in [0.15, 0.2) is 42.0 Å². The molecule has 0 radical (unpaired) electrons. The van der Waals surface area contributed by atoms with E-state index in [1.54, 1.807) is 6.08 Å². The van der Waals surface area contributed by atoms with E-state index in [4.69, 9.17) is 23.8 Å². The Bertz CT molecular complexity index is 454. The van der Waals surface area contributed by atoms with Crippen LogP contribution in [0.5, 0.6) is 0 Å². The van der Waals surface area contributed by atoms with E-state index in [0.29, 0.717) is 11.7 Å². The van der Waals surface area contributed by atoms with Crippen LogP contribution in [0.25, 0.3) is 0 Å². The van der Waals surface area contributed by atoms with Crippen molar-refractivity contribution in [2.24, 2.45) is 5.10 Å². The number of halogens is 1. The van der Waals surface area contributed by atoms with Crippen LogP contribution in [0, 0.1) is 0 Å². The van der Waals surface area contributed by atoms with Crippen molar-refractivity contribution >= 4 is 34.6 Å². The van der Waals surface area contributed by atoms with Crippen molar-refractivity contribution in [1.82, 2.24) is 10.7 Å². The first-order chi connectivity index (χ1) is 9.17. The van der Waals surface area contributed by atoms with Gasteiger partial charge in [-0.05, 0) is 36.3 Å². The quantitative estimate of drug-likeness (QED) is 0.365. The van der Waals surface area contributed by atoms with Crippen LogP contribution < -0.4 is 10.7 Å². The SMILES string of the molecule is C=CCNC(=S)N/N=C(/CCC)c1ccc(Cl)cc1. The number of nitrogens with one attached hydrogen (secondary N) is 2. The Morgan fingerprint density at radius 2 is 2.11 bits per heavy atom. The van der Waals surface area contributed by atoms with Crippen molar-refractivity contribution in [3.63, 3.8) is 0 Å². The number of benzene rings is 1. The number of thiocarbonyl (C=S) groups is 1. The van der Waals surface area contributed by atoms with Crippen LogP contribution in [0.2, 0.25) is 5.02 Å². The predicted octanol–water partition coefficient (Wildman–Crippen LogP) is 3.49. The summed E-state index contributed by atoms with van der Waals surface area (Å²) in [6, 6.07) is 7.63. The summed E-state index contributed by atoms with van der Waals surface area (Å²) < 4.78 is 0. The summed E-state index contributed by atoms with van der Waals surface area (Å²) in [5.74, 6) is 0. The monoisotopic (exact) mass is 295 g/mol. The molecule has 2 N–H and O–H groups in total. The van der Waals surface area contributed by atoms with Gasteiger partial charge in [0.2, 0.25) is 0 Å². The minimum Gasteiger partial charge on any atom is -0.358 e. The van der Waals surface area contributed by atoms with Gasteiger partial charge in [0.25, 0.3) is 0 Å². The maximum absolute atomic E-state index is 5.88. The lowest BCUT2D eigenvalue weighted by molar-refractivity contribution is 0.913. The summed E-state index contributed by atoms with van der Waals surface area (Å²) in [4.78, 5) is 0. The van der Waals surface area contributed by atoms with Crippen LogP contribution in [0.1, 0.15) is 25.3 Å². The molecule has 0 saturated heterocycles. The molecule has 3 nitrogen and oxygen atoms in total. The van der Waals surface area contributed by atoms with E-state index < -0.39 is 0 Å². The molecule has 0 bridgehead atoms. The molecule has 0 saturated carbocycles. The smallest absolute Gasteiger partial charge is 0.187 e. The number of hydrazone groups is 1. The summed E-state index contributed by atoms with van der Waals surface area (Å²) in [6.07, 6.45) is 3.62. The van der Waals surface area contributed by atoms with Gasteiger partial charge in [0, 0.05) is 11.6 Å². The highest BCUT2D eigenvalue weighted by Gasteiger charge is 2.03. The van der Waals surface area contributed by atoms with Gasteiger partial charge in [-0.15, -0.1) is 6.58 Å². The summed E-state index contributed by atoms with van der Waals surface area (Å²) in [7, 11) is 0. The largest absolute Gasteiger partial charge is 0.358 e. The third-order valence-electron chi connectivity index (χ3n) is 2.36. The zero-order chi connectivity index (χ0) is 14.1. The second-order valence-corrected chi connectivity index (χ2v) is 4.77. The Labute approximate surface area is 124 Å².